The molecule has 0 unspecified atom stereocenters. The lowest BCUT2D eigenvalue weighted by atomic mass is 9.53. The van der Waals surface area contributed by atoms with Crippen LogP contribution in [0.5, 0.6) is 0 Å². The quantitative estimate of drug-likeness (QED) is 0.708. The van der Waals surface area contributed by atoms with Crippen molar-refractivity contribution in [3.63, 3.8) is 0 Å². The summed E-state index contributed by atoms with van der Waals surface area (Å²) in [5, 5.41) is 0.900. The predicted molar refractivity (Wildman–Crippen MR) is 71.0 cm³/mol. The summed E-state index contributed by atoms with van der Waals surface area (Å²) in [6.07, 6.45) is 8.39. The van der Waals surface area contributed by atoms with Gasteiger partial charge in [-0.1, -0.05) is 18.3 Å². The fourth-order valence-corrected chi connectivity index (χ4v) is 5.55. The Labute approximate surface area is 107 Å². The highest BCUT2D eigenvalue weighted by atomic mass is 32.2. The van der Waals surface area contributed by atoms with E-state index in [0.29, 0.717) is 0 Å². The molecule has 0 atom stereocenters. The van der Waals surface area contributed by atoms with Gasteiger partial charge in [-0.05, 0) is 56.3 Å². The van der Waals surface area contributed by atoms with Gasteiger partial charge in [-0.25, -0.2) is 4.99 Å². The summed E-state index contributed by atoms with van der Waals surface area (Å²) in [4.78, 5) is 5.01. The lowest BCUT2D eigenvalue weighted by Crippen LogP contribution is -2.49. The van der Waals surface area contributed by atoms with Gasteiger partial charge in [-0.15, -0.1) is 0 Å². The standard InChI is InChI=1S/C14H19NOS/c1-9-8-17-13(16-9)15-14-5-10-2-11(6-14)4-12(3-10)7-14/h10-12H,1-8H2. The Balaban J connectivity index is 1.62. The molecule has 3 heteroatoms. The van der Waals surface area contributed by atoms with E-state index in [4.69, 9.17) is 9.73 Å². The molecule has 4 aliphatic carbocycles. The summed E-state index contributed by atoms with van der Waals surface area (Å²) in [6.45, 7) is 3.87. The molecule has 0 aromatic heterocycles. The van der Waals surface area contributed by atoms with Crippen molar-refractivity contribution >= 4 is 17.0 Å². The van der Waals surface area contributed by atoms with Crippen LogP contribution in [-0.4, -0.2) is 16.5 Å². The van der Waals surface area contributed by atoms with Crippen LogP contribution in [0.3, 0.4) is 0 Å². The molecule has 1 saturated heterocycles. The molecule has 0 aromatic rings. The Morgan fingerprint density at radius 3 is 2.18 bits per heavy atom. The Kier molecular flexibility index (Phi) is 2.18. The minimum Gasteiger partial charge on any atom is -0.438 e. The SMILES string of the molecule is C=C1CSC(=NC23CC4CC(CC(C4)C2)C3)O1. The summed E-state index contributed by atoms with van der Waals surface area (Å²) in [5.74, 6) is 4.64. The van der Waals surface area contributed by atoms with Gasteiger partial charge in [0.25, 0.3) is 5.23 Å². The van der Waals surface area contributed by atoms with Crippen molar-refractivity contribution in [2.24, 2.45) is 22.7 Å². The van der Waals surface area contributed by atoms with E-state index in [2.05, 4.69) is 6.58 Å². The monoisotopic (exact) mass is 249 g/mol. The van der Waals surface area contributed by atoms with Gasteiger partial charge in [0.2, 0.25) is 0 Å². The van der Waals surface area contributed by atoms with Gasteiger partial charge in [-0.2, -0.15) is 0 Å². The summed E-state index contributed by atoms with van der Waals surface area (Å²) >= 11 is 1.73. The number of nitrogens with zero attached hydrogens (tertiary/aromatic N) is 1. The Morgan fingerprint density at radius 1 is 1.12 bits per heavy atom. The fourth-order valence-electron chi connectivity index (χ4n) is 4.78. The maximum atomic E-state index is 5.62. The fraction of sp³-hybridized carbons (Fsp3) is 0.786. The van der Waals surface area contributed by atoms with Crippen LogP contribution < -0.4 is 0 Å². The molecule has 92 valence electrons. The van der Waals surface area contributed by atoms with Crippen molar-refractivity contribution in [3.05, 3.63) is 12.3 Å². The van der Waals surface area contributed by atoms with Crippen LogP contribution in [0.4, 0.5) is 0 Å². The maximum Gasteiger partial charge on any atom is 0.251 e. The second-order valence-corrected chi connectivity index (χ2v) is 7.38. The third-order valence-corrected chi connectivity index (χ3v) is 5.81. The second kappa shape index (κ2) is 3.53. The minimum absolute atomic E-state index is 0.252. The number of ether oxygens (including phenoxy) is 1. The maximum absolute atomic E-state index is 5.62. The number of aliphatic imine (C=N–C) groups is 1. The summed E-state index contributed by atoms with van der Waals surface area (Å²) in [5.41, 5.74) is 0.252. The second-order valence-electron chi connectivity index (χ2n) is 6.45. The van der Waals surface area contributed by atoms with E-state index < -0.39 is 0 Å². The molecule has 1 heterocycles. The van der Waals surface area contributed by atoms with Gasteiger partial charge in [0.05, 0.1) is 11.3 Å². The normalized spacial score (nSPS) is 50.0. The third-order valence-electron chi connectivity index (χ3n) is 4.92. The van der Waals surface area contributed by atoms with E-state index in [9.17, 15) is 0 Å². The number of rotatable bonds is 1. The van der Waals surface area contributed by atoms with Crippen molar-refractivity contribution in [3.8, 4) is 0 Å². The molecule has 0 N–H and O–H groups in total. The van der Waals surface area contributed by atoms with Crippen LogP contribution in [0.15, 0.2) is 17.3 Å². The summed E-state index contributed by atoms with van der Waals surface area (Å²) in [6, 6.07) is 0. The lowest BCUT2D eigenvalue weighted by molar-refractivity contribution is 0.00110. The predicted octanol–water partition coefficient (Wildman–Crippen LogP) is 3.59. The van der Waals surface area contributed by atoms with Crippen LogP contribution in [0, 0.1) is 17.8 Å². The molecule has 4 saturated carbocycles. The average Bonchev–Trinajstić information content (AvgIpc) is 2.60. The van der Waals surface area contributed by atoms with Crippen molar-refractivity contribution in [2.45, 2.75) is 44.1 Å². The summed E-state index contributed by atoms with van der Waals surface area (Å²) < 4.78 is 5.62. The first kappa shape index (κ1) is 10.5. The number of hydrogen-bond donors (Lipinski definition) is 0. The van der Waals surface area contributed by atoms with Crippen LogP contribution in [0.25, 0.3) is 0 Å². The van der Waals surface area contributed by atoms with Crippen LogP contribution >= 0.6 is 11.8 Å². The van der Waals surface area contributed by atoms with E-state index in [-0.39, 0.29) is 5.54 Å². The van der Waals surface area contributed by atoms with Crippen LogP contribution in [0.1, 0.15) is 38.5 Å². The van der Waals surface area contributed by atoms with Crippen molar-refractivity contribution in [2.75, 3.05) is 5.75 Å². The highest BCUT2D eigenvalue weighted by molar-refractivity contribution is 8.14. The minimum atomic E-state index is 0.252. The van der Waals surface area contributed by atoms with E-state index in [1.54, 1.807) is 11.8 Å². The number of thioether (sulfide) groups is 1. The van der Waals surface area contributed by atoms with Crippen molar-refractivity contribution in [1.29, 1.82) is 0 Å². The molecule has 0 amide bonds. The first-order valence-corrected chi connectivity index (χ1v) is 7.78. The largest absolute Gasteiger partial charge is 0.438 e. The highest BCUT2D eigenvalue weighted by Gasteiger charge is 2.51. The molecule has 17 heavy (non-hydrogen) atoms. The molecule has 0 aromatic carbocycles. The Hall–Kier alpha value is -0.440. The first-order valence-electron chi connectivity index (χ1n) is 6.79. The van der Waals surface area contributed by atoms with Gasteiger partial charge in [0, 0.05) is 0 Å². The molecule has 5 rings (SSSR count). The molecule has 5 fully saturated rings. The van der Waals surface area contributed by atoms with Gasteiger partial charge in [0.1, 0.15) is 5.76 Å². The van der Waals surface area contributed by atoms with Gasteiger partial charge in [-0.3, -0.25) is 0 Å². The zero-order valence-electron chi connectivity index (χ0n) is 10.2. The Bertz CT molecular complexity index is 366. The average molecular weight is 249 g/mol. The zero-order chi connectivity index (χ0) is 11.5. The van der Waals surface area contributed by atoms with E-state index in [1.165, 1.54) is 38.5 Å². The number of hydrogen-bond acceptors (Lipinski definition) is 3. The van der Waals surface area contributed by atoms with Crippen molar-refractivity contribution in [1.82, 2.24) is 0 Å². The Morgan fingerprint density at radius 2 is 1.71 bits per heavy atom. The van der Waals surface area contributed by atoms with Crippen molar-refractivity contribution < 1.29 is 4.74 Å². The van der Waals surface area contributed by atoms with E-state index in [1.807, 2.05) is 0 Å². The molecular weight excluding hydrogens is 230 g/mol. The molecular formula is C14H19NOS. The third kappa shape index (κ3) is 1.74. The zero-order valence-corrected chi connectivity index (χ0v) is 11.0. The molecule has 5 aliphatic rings. The molecule has 0 radical (unpaired) electrons. The molecule has 2 nitrogen and oxygen atoms in total. The molecule has 1 aliphatic heterocycles. The van der Waals surface area contributed by atoms with Crippen LogP contribution in [-0.2, 0) is 4.74 Å². The van der Waals surface area contributed by atoms with Gasteiger partial charge < -0.3 is 4.74 Å². The summed E-state index contributed by atoms with van der Waals surface area (Å²) in [7, 11) is 0. The molecule has 0 spiro atoms. The van der Waals surface area contributed by atoms with E-state index >= 15 is 0 Å². The van der Waals surface area contributed by atoms with E-state index in [0.717, 1.165) is 34.5 Å². The first-order chi connectivity index (χ1) is 8.21. The van der Waals surface area contributed by atoms with Gasteiger partial charge in [0.15, 0.2) is 0 Å². The smallest absolute Gasteiger partial charge is 0.251 e. The highest BCUT2D eigenvalue weighted by Crippen LogP contribution is 2.57. The van der Waals surface area contributed by atoms with Crippen LogP contribution in [0.2, 0.25) is 0 Å². The molecule has 4 bridgehead atoms. The topological polar surface area (TPSA) is 21.6 Å². The lowest BCUT2D eigenvalue weighted by Gasteiger charge is -2.54. The van der Waals surface area contributed by atoms with Gasteiger partial charge >= 0.3 is 0 Å².